The smallest absolute Gasteiger partial charge is 0.312 e. The van der Waals surface area contributed by atoms with E-state index in [1.54, 1.807) is 0 Å². The van der Waals surface area contributed by atoms with E-state index < -0.39 is 36.5 Å². The van der Waals surface area contributed by atoms with Crippen molar-refractivity contribution >= 4 is 17.7 Å². The summed E-state index contributed by atoms with van der Waals surface area (Å²) in [6.45, 7) is 7.59. The first-order chi connectivity index (χ1) is 19.2. The molecule has 0 aliphatic carbocycles. The van der Waals surface area contributed by atoms with Crippen molar-refractivity contribution in [1.82, 2.24) is 4.98 Å². The molecule has 1 aliphatic rings. The summed E-state index contributed by atoms with van der Waals surface area (Å²) in [7, 11) is 1.41. The molecule has 2 aromatic rings. The number of rotatable bonds is 12. The van der Waals surface area contributed by atoms with Crippen molar-refractivity contribution in [2.45, 2.75) is 52.7 Å². The molecular formula is C30H39NO9. The number of pyridine rings is 1. The molecule has 1 aliphatic heterocycles. The molecule has 0 N–H and O–H groups in total. The highest BCUT2D eigenvalue weighted by molar-refractivity contribution is 5.99. The number of carbonyl (C=O) groups excluding carboxylic acids is 3. The van der Waals surface area contributed by atoms with Crippen molar-refractivity contribution in [3.05, 3.63) is 53.9 Å². The van der Waals surface area contributed by atoms with E-state index in [0.29, 0.717) is 25.6 Å². The highest BCUT2D eigenvalue weighted by atomic mass is 16.7. The van der Waals surface area contributed by atoms with Gasteiger partial charge in [-0.05, 0) is 24.8 Å². The lowest BCUT2D eigenvalue weighted by Gasteiger charge is -2.31. The summed E-state index contributed by atoms with van der Waals surface area (Å²) >= 11 is 0. The third-order valence-electron chi connectivity index (χ3n) is 6.43. The standard InChI is InChI=1S/C30H39NO9/c1-19(2)15-37-28-20(3)40-30(34)24(17-36-16-23(28)13-22-9-7-6-8-10-22)14-25(33)27-29(39-18-38-21(4)32)26(35-5)11-12-31-27/h6-12,19-20,23-24,28H,13-18H2,1-5H3/t20-,23-,24-,28-/m0/s1. The van der Waals surface area contributed by atoms with Gasteiger partial charge in [-0.1, -0.05) is 44.2 Å². The molecule has 0 unspecified atom stereocenters. The Bertz CT molecular complexity index is 1120. The molecule has 3 rings (SSSR count). The molecule has 1 fully saturated rings. The van der Waals surface area contributed by atoms with E-state index in [-0.39, 0.29) is 42.2 Å². The van der Waals surface area contributed by atoms with Crippen LogP contribution >= 0.6 is 0 Å². The van der Waals surface area contributed by atoms with Crippen LogP contribution in [0, 0.1) is 17.8 Å². The number of carbonyl (C=O) groups is 3. The third kappa shape index (κ3) is 9.02. The second-order valence-corrected chi connectivity index (χ2v) is 10.2. The SMILES string of the molecule is COc1ccnc(C(=O)C[C@H]2COC[C@H](Cc3ccccc3)[C@@H](OCC(C)C)[C@H](C)OC2=O)c1OCOC(C)=O. The van der Waals surface area contributed by atoms with E-state index in [1.807, 2.05) is 37.3 Å². The lowest BCUT2D eigenvalue weighted by Crippen LogP contribution is -2.40. The number of methoxy groups -OCH3 is 1. The highest BCUT2D eigenvalue weighted by Gasteiger charge is 2.36. The van der Waals surface area contributed by atoms with Gasteiger partial charge in [-0.25, -0.2) is 4.98 Å². The van der Waals surface area contributed by atoms with Gasteiger partial charge in [-0.3, -0.25) is 14.4 Å². The Morgan fingerprint density at radius 2 is 1.88 bits per heavy atom. The first kappa shape index (κ1) is 31.0. The molecule has 0 bridgehead atoms. The fourth-order valence-electron chi connectivity index (χ4n) is 4.48. The lowest BCUT2D eigenvalue weighted by molar-refractivity contribution is -0.163. The van der Waals surface area contributed by atoms with E-state index in [9.17, 15) is 14.4 Å². The number of hydrogen-bond acceptors (Lipinski definition) is 10. The van der Waals surface area contributed by atoms with E-state index in [2.05, 4.69) is 18.8 Å². The second-order valence-electron chi connectivity index (χ2n) is 10.2. The number of nitrogens with zero attached hydrogens (tertiary/aromatic N) is 1. The molecule has 1 saturated heterocycles. The molecule has 10 nitrogen and oxygen atoms in total. The van der Waals surface area contributed by atoms with Crippen LogP contribution in [0.1, 0.15) is 50.2 Å². The number of aromatic nitrogens is 1. The summed E-state index contributed by atoms with van der Waals surface area (Å²) in [6, 6.07) is 11.5. The van der Waals surface area contributed by atoms with E-state index in [4.69, 9.17) is 28.4 Å². The van der Waals surface area contributed by atoms with E-state index in [1.165, 1.54) is 26.3 Å². The topological polar surface area (TPSA) is 119 Å². The molecule has 4 atom stereocenters. The van der Waals surface area contributed by atoms with Crippen molar-refractivity contribution in [3.8, 4) is 11.5 Å². The predicted molar refractivity (Wildman–Crippen MR) is 145 cm³/mol. The van der Waals surface area contributed by atoms with Gasteiger partial charge in [0.15, 0.2) is 23.0 Å². The number of ether oxygens (including phenoxy) is 6. The molecule has 2 heterocycles. The maximum Gasteiger partial charge on any atom is 0.312 e. The highest BCUT2D eigenvalue weighted by Crippen LogP contribution is 2.32. The largest absolute Gasteiger partial charge is 0.493 e. The zero-order valence-corrected chi connectivity index (χ0v) is 23.8. The maximum absolute atomic E-state index is 13.4. The quantitative estimate of drug-likeness (QED) is 0.215. The monoisotopic (exact) mass is 557 g/mol. The Labute approximate surface area is 235 Å². The predicted octanol–water partition coefficient (Wildman–Crippen LogP) is 4.04. The maximum atomic E-state index is 13.4. The molecule has 1 aromatic carbocycles. The molecule has 40 heavy (non-hydrogen) atoms. The average Bonchev–Trinajstić information content (AvgIpc) is 2.96. The Morgan fingerprint density at radius 3 is 2.55 bits per heavy atom. The van der Waals surface area contributed by atoms with Crippen LogP contribution in [0.5, 0.6) is 11.5 Å². The van der Waals surface area contributed by atoms with Crippen LogP contribution in [0.3, 0.4) is 0 Å². The second kappa shape index (κ2) is 15.3. The Morgan fingerprint density at radius 1 is 1.12 bits per heavy atom. The number of benzene rings is 1. The number of hydrogen-bond donors (Lipinski definition) is 0. The molecule has 1 aromatic heterocycles. The van der Waals surface area contributed by atoms with Crippen LogP contribution in [0.4, 0.5) is 0 Å². The molecule has 0 radical (unpaired) electrons. The molecule has 10 heteroatoms. The van der Waals surface area contributed by atoms with Gasteiger partial charge in [0.1, 0.15) is 6.10 Å². The molecule has 0 spiro atoms. The molecule has 218 valence electrons. The van der Waals surface area contributed by atoms with Gasteiger partial charge in [0.05, 0.1) is 32.3 Å². The van der Waals surface area contributed by atoms with Crippen LogP contribution in [0.15, 0.2) is 42.6 Å². The van der Waals surface area contributed by atoms with Crippen molar-refractivity contribution in [2.75, 3.05) is 33.7 Å². The fourth-order valence-corrected chi connectivity index (χ4v) is 4.48. The van der Waals surface area contributed by atoms with Crippen LogP contribution in [0.2, 0.25) is 0 Å². The van der Waals surface area contributed by atoms with Gasteiger partial charge in [-0.15, -0.1) is 0 Å². The minimum absolute atomic E-state index is 0.00685. The number of esters is 2. The van der Waals surface area contributed by atoms with Gasteiger partial charge >= 0.3 is 11.9 Å². The first-order valence-corrected chi connectivity index (χ1v) is 13.5. The summed E-state index contributed by atoms with van der Waals surface area (Å²) in [5, 5.41) is 0. The Kier molecular flexibility index (Phi) is 11.9. The van der Waals surface area contributed by atoms with Crippen LogP contribution in [-0.4, -0.2) is 68.6 Å². The summed E-state index contributed by atoms with van der Waals surface area (Å²) in [4.78, 5) is 41.9. The van der Waals surface area contributed by atoms with Crippen molar-refractivity contribution in [1.29, 1.82) is 0 Å². The minimum Gasteiger partial charge on any atom is -0.493 e. The zero-order chi connectivity index (χ0) is 29.1. The third-order valence-corrected chi connectivity index (χ3v) is 6.43. The lowest BCUT2D eigenvalue weighted by atomic mass is 9.91. The van der Waals surface area contributed by atoms with Crippen molar-refractivity contribution in [2.24, 2.45) is 17.8 Å². The molecule has 0 amide bonds. The van der Waals surface area contributed by atoms with Gasteiger partial charge in [0, 0.05) is 38.1 Å². The summed E-state index contributed by atoms with van der Waals surface area (Å²) in [6.07, 6.45) is 0.914. The van der Waals surface area contributed by atoms with Crippen LogP contribution in [-0.2, 0) is 35.0 Å². The van der Waals surface area contributed by atoms with Crippen LogP contribution < -0.4 is 9.47 Å². The van der Waals surface area contributed by atoms with E-state index >= 15 is 0 Å². The Hall–Kier alpha value is -3.50. The first-order valence-electron chi connectivity index (χ1n) is 13.5. The molecule has 0 saturated carbocycles. The number of ketones is 1. The summed E-state index contributed by atoms with van der Waals surface area (Å²) in [5.74, 6) is -1.95. The van der Waals surface area contributed by atoms with Gasteiger partial charge < -0.3 is 28.4 Å². The van der Waals surface area contributed by atoms with Crippen molar-refractivity contribution < 1.29 is 42.8 Å². The van der Waals surface area contributed by atoms with Gasteiger partial charge in [0.2, 0.25) is 6.79 Å². The summed E-state index contributed by atoms with van der Waals surface area (Å²) in [5.41, 5.74) is 1.08. The normalized spacial score (nSPS) is 21.5. The van der Waals surface area contributed by atoms with Crippen molar-refractivity contribution in [3.63, 3.8) is 0 Å². The van der Waals surface area contributed by atoms with E-state index in [0.717, 1.165) is 5.56 Å². The number of Topliss-reactive ketones (excluding diaryl/α,β-unsaturated/α-hetero) is 1. The molecular weight excluding hydrogens is 518 g/mol. The average molecular weight is 558 g/mol. The zero-order valence-electron chi connectivity index (χ0n) is 23.8. The number of cyclic esters (lactones) is 1. The summed E-state index contributed by atoms with van der Waals surface area (Å²) < 4.78 is 33.8. The van der Waals surface area contributed by atoms with Crippen LogP contribution in [0.25, 0.3) is 0 Å². The van der Waals surface area contributed by atoms with Gasteiger partial charge in [0.25, 0.3) is 0 Å². The fraction of sp³-hybridized carbons (Fsp3) is 0.533. The van der Waals surface area contributed by atoms with Gasteiger partial charge in [-0.2, -0.15) is 0 Å². The Balaban J connectivity index is 1.78. The minimum atomic E-state index is -0.870.